The first-order chi connectivity index (χ1) is 9.16. The van der Waals surface area contributed by atoms with E-state index in [9.17, 15) is 0 Å². The Hall–Kier alpha value is -2.57. The lowest BCUT2D eigenvalue weighted by Gasteiger charge is -2.06. The number of hydrogen-bond acceptors (Lipinski definition) is 5. The number of nitrogens with zero attached hydrogens (tertiary/aromatic N) is 5. The summed E-state index contributed by atoms with van der Waals surface area (Å²) in [6.07, 6.45) is 1.74. The molecule has 0 saturated carbocycles. The summed E-state index contributed by atoms with van der Waals surface area (Å²) in [6.45, 7) is 0.638. The van der Waals surface area contributed by atoms with Gasteiger partial charge in [-0.2, -0.15) is 0 Å². The first-order valence-electron chi connectivity index (χ1n) is 5.95. The smallest absolute Gasteiger partial charge is 0.201 e. The van der Waals surface area contributed by atoms with Crippen molar-refractivity contribution in [3.63, 3.8) is 0 Å². The van der Waals surface area contributed by atoms with Crippen LogP contribution >= 0.6 is 0 Å². The maximum absolute atomic E-state index is 5.84. The molecule has 0 fully saturated rings. The van der Waals surface area contributed by atoms with Crippen molar-refractivity contribution in [1.29, 1.82) is 0 Å². The van der Waals surface area contributed by atoms with Crippen molar-refractivity contribution in [3.05, 3.63) is 30.1 Å². The molecule has 0 bridgehead atoms. The van der Waals surface area contributed by atoms with E-state index in [0.29, 0.717) is 12.5 Å². The van der Waals surface area contributed by atoms with Gasteiger partial charge in [-0.1, -0.05) is 11.3 Å². The van der Waals surface area contributed by atoms with E-state index in [2.05, 4.69) is 20.6 Å². The molecular formula is C12H15N7. The molecule has 2 aromatic heterocycles. The number of aromatic nitrogens is 5. The predicted molar refractivity (Wildman–Crippen MR) is 73.5 cm³/mol. The second-order valence-electron chi connectivity index (χ2n) is 4.40. The van der Waals surface area contributed by atoms with Gasteiger partial charge in [0.05, 0.1) is 29.6 Å². The summed E-state index contributed by atoms with van der Waals surface area (Å²) in [6, 6.07) is 5.96. The normalized spacial score (nSPS) is 11.1. The van der Waals surface area contributed by atoms with Crippen LogP contribution in [0.1, 0.15) is 5.69 Å². The van der Waals surface area contributed by atoms with Crippen LogP contribution in [0.3, 0.4) is 0 Å². The minimum absolute atomic E-state index is 0.506. The third kappa shape index (κ3) is 1.88. The number of hydrogen-bond donors (Lipinski definition) is 2. The molecule has 3 N–H and O–H groups in total. The highest BCUT2D eigenvalue weighted by atomic mass is 15.4. The van der Waals surface area contributed by atoms with E-state index in [-0.39, 0.29) is 0 Å². The maximum atomic E-state index is 5.84. The molecule has 1 aromatic carbocycles. The molecule has 2 heterocycles. The number of fused-ring (bicyclic) bond motifs is 1. The Balaban J connectivity index is 1.93. The van der Waals surface area contributed by atoms with Crippen molar-refractivity contribution >= 4 is 22.7 Å². The number of nitrogens with one attached hydrogen (secondary N) is 1. The molecule has 0 saturated heterocycles. The van der Waals surface area contributed by atoms with Crippen LogP contribution in [0, 0.1) is 0 Å². The van der Waals surface area contributed by atoms with Crippen molar-refractivity contribution in [1.82, 2.24) is 24.5 Å². The number of aryl methyl sites for hydroxylation is 2. The molecule has 7 nitrogen and oxygen atoms in total. The van der Waals surface area contributed by atoms with Crippen LogP contribution < -0.4 is 11.1 Å². The summed E-state index contributed by atoms with van der Waals surface area (Å²) >= 11 is 0. The number of imidazole rings is 1. The zero-order valence-corrected chi connectivity index (χ0v) is 10.8. The summed E-state index contributed by atoms with van der Waals surface area (Å²) in [5, 5.41) is 11.1. The molecule has 19 heavy (non-hydrogen) atoms. The second-order valence-corrected chi connectivity index (χ2v) is 4.40. The molecule has 98 valence electrons. The van der Waals surface area contributed by atoms with Crippen molar-refractivity contribution in [3.8, 4) is 0 Å². The number of nitrogens with two attached hydrogens (primary N) is 1. The van der Waals surface area contributed by atoms with Gasteiger partial charge in [-0.25, -0.2) is 4.98 Å². The zero-order chi connectivity index (χ0) is 13.4. The monoisotopic (exact) mass is 257 g/mol. The third-order valence-electron chi connectivity index (χ3n) is 3.21. The molecule has 0 unspecified atom stereocenters. The van der Waals surface area contributed by atoms with Gasteiger partial charge in [-0.15, -0.1) is 5.10 Å². The Morgan fingerprint density at radius 1 is 1.32 bits per heavy atom. The van der Waals surface area contributed by atoms with Crippen molar-refractivity contribution in [2.24, 2.45) is 14.1 Å². The summed E-state index contributed by atoms with van der Waals surface area (Å²) in [5.74, 6) is 0.506. The standard InChI is InChI=1S/C12H15N7/c1-18-10-5-3-4-9(11(10)16-12(18)13)14-6-8-7-15-17-19(8)2/h3-5,7,14H,6H2,1-2H3,(H2,13,16). The van der Waals surface area contributed by atoms with Crippen molar-refractivity contribution in [2.45, 2.75) is 6.54 Å². The van der Waals surface area contributed by atoms with Gasteiger partial charge >= 0.3 is 0 Å². The average molecular weight is 257 g/mol. The van der Waals surface area contributed by atoms with E-state index in [1.807, 2.05) is 36.9 Å². The maximum Gasteiger partial charge on any atom is 0.201 e. The van der Waals surface area contributed by atoms with Crippen molar-refractivity contribution in [2.75, 3.05) is 11.1 Å². The Bertz CT molecular complexity index is 725. The second kappa shape index (κ2) is 4.27. The molecule has 0 aliphatic carbocycles. The van der Waals surface area contributed by atoms with Gasteiger partial charge in [0.15, 0.2) is 0 Å². The molecule has 3 aromatic rings. The predicted octanol–water partition coefficient (Wildman–Crippen LogP) is 0.896. The number of rotatable bonds is 3. The Morgan fingerprint density at radius 2 is 2.16 bits per heavy atom. The van der Waals surface area contributed by atoms with E-state index >= 15 is 0 Å². The number of para-hydroxylation sites is 1. The van der Waals surface area contributed by atoms with E-state index in [0.717, 1.165) is 22.4 Å². The van der Waals surface area contributed by atoms with Crippen LogP contribution in [0.15, 0.2) is 24.4 Å². The minimum Gasteiger partial charge on any atom is -0.378 e. The summed E-state index contributed by atoms with van der Waals surface area (Å²) < 4.78 is 3.60. The molecule has 0 amide bonds. The molecule has 0 radical (unpaired) electrons. The van der Waals surface area contributed by atoms with Gasteiger partial charge in [0.1, 0.15) is 5.52 Å². The van der Waals surface area contributed by atoms with E-state index in [4.69, 9.17) is 5.73 Å². The number of benzene rings is 1. The first-order valence-corrected chi connectivity index (χ1v) is 5.95. The zero-order valence-electron chi connectivity index (χ0n) is 10.8. The summed E-state index contributed by atoms with van der Waals surface area (Å²) in [7, 11) is 3.77. The summed E-state index contributed by atoms with van der Waals surface area (Å²) in [5.41, 5.74) is 9.67. The third-order valence-corrected chi connectivity index (χ3v) is 3.21. The highest BCUT2D eigenvalue weighted by molar-refractivity contribution is 5.90. The fourth-order valence-electron chi connectivity index (χ4n) is 2.03. The number of nitrogen functional groups attached to an aromatic ring is 1. The van der Waals surface area contributed by atoms with E-state index in [1.54, 1.807) is 10.9 Å². The SMILES string of the molecule is Cn1nncc1CNc1cccc2c1nc(N)n2C. The van der Waals surface area contributed by atoms with Crippen LogP contribution in [-0.2, 0) is 20.6 Å². The molecule has 0 atom stereocenters. The lowest BCUT2D eigenvalue weighted by Crippen LogP contribution is -2.05. The molecule has 0 aliphatic rings. The topological polar surface area (TPSA) is 86.6 Å². The quantitative estimate of drug-likeness (QED) is 0.728. The van der Waals surface area contributed by atoms with Crippen LogP contribution in [0.2, 0.25) is 0 Å². The highest BCUT2D eigenvalue weighted by Crippen LogP contribution is 2.24. The molecule has 0 aliphatic heterocycles. The molecule has 3 rings (SSSR count). The van der Waals surface area contributed by atoms with Gasteiger partial charge in [-0.3, -0.25) is 4.68 Å². The van der Waals surface area contributed by atoms with E-state index in [1.165, 1.54) is 0 Å². The van der Waals surface area contributed by atoms with Crippen LogP contribution in [-0.4, -0.2) is 24.5 Å². The van der Waals surface area contributed by atoms with Gasteiger partial charge in [0.2, 0.25) is 5.95 Å². The lowest BCUT2D eigenvalue weighted by atomic mass is 10.2. The highest BCUT2D eigenvalue weighted by Gasteiger charge is 2.09. The van der Waals surface area contributed by atoms with Crippen LogP contribution in [0.25, 0.3) is 11.0 Å². The van der Waals surface area contributed by atoms with Crippen LogP contribution in [0.5, 0.6) is 0 Å². The Labute approximate surface area is 110 Å². The van der Waals surface area contributed by atoms with E-state index < -0.39 is 0 Å². The minimum atomic E-state index is 0.506. The molecular weight excluding hydrogens is 242 g/mol. The lowest BCUT2D eigenvalue weighted by molar-refractivity contribution is 0.683. The average Bonchev–Trinajstić information content (AvgIpc) is 2.93. The van der Waals surface area contributed by atoms with Gasteiger partial charge in [0, 0.05) is 14.1 Å². The Morgan fingerprint density at radius 3 is 2.89 bits per heavy atom. The van der Waals surface area contributed by atoms with Crippen LogP contribution in [0.4, 0.5) is 11.6 Å². The number of anilines is 2. The Kier molecular flexibility index (Phi) is 2.59. The van der Waals surface area contributed by atoms with Gasteiger partial charge in [0.25, 0.3) is 0 Å². The first kappa shape index (κ1) is 11.5. The fraction of sp³-hybridized carbons (Fsp3) is 0.250. The summed E-state index contributed by atoms with van der Waals surface area (Å²) in [4.78, 5) is 4.38. The van der Waals surface area contributed by atoms with Crippen molar-refractivity contribution < 1.29 is 0 Å². The van der Waals surface area contributed by atoms with Gasteiger partial charge < -0.3 is 15.6 Å². The fourth-order valence-corrected chi connectivity index (χ4v) is 2.03. The molecule has 7 heteroatoms. The molecule has 0 spiro atoms. The van der Waals surface area contributed by atoms with Gasteiger partial charge in [-0.05, 0) is 12.1 Å². The largest absolute Gasteiger partial charge is 0.378 e.